The highest BCUT2D eigenvalue weighted by atomic mass is 16.5. The number of hydrogen-bond donors (Lipinski definition) is 0. The van der Waals surface area contributed by atoms with Crippen LogP contribution in [0.25, 0.3) is 0 Å². The van der Waals surface area contributed by atoms with E-state index in [1.165, 1.54) is 32.1 Å². The van der Waals surface area contributed by atoms with Crippen molar-refractivity contribution in [2.24, 2.45) is 5.92 Å². The lowest BCUT2D eigenvalue weighted by Crippen LogP contribution is -2.17. The second-order valence-electron chi connectivity index (χ2n) is 5.40. The van der Waals surface area contributed by atoms with Gasteiger partial charge in [0.2, 0.25) is 0 Å². The second kappa shape index (κ2) is 8.05. The van der Waals surface area contributed by atoms with Crippen molar-refractivity contribution < 1.29 is 14.3 Å². The predicted molar refractivity (Wildman–Crippen MR) is 79.3 cm³/mol. The number of carbonyl (C=O) groups excluding carboxylic acids is 1. The Balaban J connectivity index is 1.73. The fourth-order valence-corrected chi connectivity index (χ4v) is 2.66. The van der Waals surface area contributed by atoms with Gasteiger partial charge in [0.25, 0.3) is 0 Å². The molecule has 0 atom stereocenters. The lowest BCUT2D eigenvalue weighted by molar-refractivity contribution is 0.0628. The van der Waals surface area contributed by atoms with E-state index in [4.69, 9.17) is 9.47 Å². The zero-order chi connectivity index (χ0) is 14.2. The Kier molecular flexibility index (Phi) is 6.06. The minimum atomic E-state index is 0.0452. The van der Waals surface area contributed by atoms with Crippen molar-refractivity contribution in [3.63, 3.8) is 0 Å². The van der Waals surface area contributed by atoms with E-state index in [2.05, 4.69) is 0 Å². The van der Waals surface area contributed by atoms with Crippen LogP contribution in [-0.2, 0) is 4.74 Å². The molecule has 0 saturated heterocycles. The van der Waals surface area contributed by atoms with Gasteiger partial charge in [-0.25, -0.2) is 0 Å². The number of ketones is 1. The Labute approximate surface area is 121 Å². The quantitative estimate of drug-likeness (QED) is 0.709. The molecule has 0 bridgehead atoms. The topological polar surface area (TPSA) is 35.5 Å². The minimum absolute atomic E-state index is 0.0452. The van der Waals surface area contributed by atoms with Crippen molar-refractivity contribution in [2.75, 3.05) is 19.8 Å². The Morgan fingerprint density at radius 2 is 1.85 bits per heavy atom. The van der Waals surface area contributed by atoms with E-state index in [0.717, 1.165) is 12.4 Å². The summed E-state index contributed by atoms with van der Waals surface area (Å²) in [5.41, 5.74) is 0.692. The summed E-state index contributed by atoms with van der Waals surface area (Å²) in [6, 6.07) is 7.27. The first kappa shape index (κ1) is 15.0. The number of rotatable bonds is 7. The molecule has 0 unspecified atom stereocenters. The van der Waals surface area contributed by atoms with Crippen LogP contribution >= 0.6 is 0 Å². The average Bonchev–Trinajstić information content (AvgIpc) is 2.49. The molecule has 0 spiro atoms. The van der Waals surface area contributed by atoms with Crippen molar-refractivity contribution in [3.05, 3.63) is 29.8 Å². The largest absolute Gasteiger partial charge is 0.494 e. The van der Waals surface area contributed by atoms with Crippen LogP contribution in [0.15, 0.2) is 24.3 Å². The van der Waals surface area contributed by atoms with Gasteiger partial charge < -0.3 is 9.47 Å². The Morgan fingerprint density at radius 1 is 1.15 bits per heavy atom. The van der Waals surface area contributed by atoms with Crippen LogP contribution in [0.1, 0.15) is 49.4 Å². The lowest BCUT2D eigenvalue weighted by atomic mass is 9.90. The van der Waals surface area contributed by atoms with Crippen LogP contribution in [0, 0.1) is 5.92 Å². The maximum Gasteiger partial charge on any atom is 0.188 e. The molecule has 0 heterocycles. The monoisotopic (exact) mass is 276 g/mol. The van der Waals surface area contributed by atoms with E-state index in [9.17, 15) is 4.79 Å². The van der Waals surface area contributed by atoms with E-state index in [1.807, 2.05) is 19.1 Å². The standard InChI is InChI=1S/C17H24O3/c1-2-20-16-10-8-15(9-11-16)17(18)13-19-12-14-6-4-3-5-7-14/h8-11,14H,2-7,12-13H2,1H3. The Hall–Kier alpha value is -1.35. The molecule has 1 aliphatic carbocycles. The van der Waals surface area contributed by atoms with Gasteiger partial charge in [-0.1, -0.05) is 19.3 Å². The van der Waals surface area contributed by atoms with E-state index >= 15 is 0 Å². The van der Waals surface area contributed by atoms with Crippen LogP contribution < -0.4 is 4.74 Å². The van der Waals surface area contributed by atoms with Gasteiger partial charge in [-0.2, -0.15) is 0 Å². The van der Waals surface area contributed by atoms with Gasteiger partial charge in [-0.05, 0) is 49.9 Å². The summed E-state index contributed by atoms with van der Waals surface area (Å²) in [7, 11) is 0. The van der Waals surface area contributed by atoms with Gasteiger partial charge in [-0.15, -0.1) is 0 Å². The molecule has 1 aromatic carbocycles. The summed E-state index contributed by atoms with van der Waals surface area (Å²) in [5.74, 6) is 1.49. The fourth-order valence-electron chi connectivity index (χ4n) is 2.66. The van der Waals surface area contributed by atoms with Crippen molar-refractivity contribution in [1.29, 1.82) is 0 Å². The molecule has 1 fully saturated rings. The van der Waals surface area contributed by atoms with Crippen molar-refractivity contribution in [2.45, 2.75) is 39.0 Å². The summed E-state index contributed by atoms with van der Waals surface area (Å²) in [6.45, 7) is 3.49. The average molecular weight is 276 g/mol. The second-order valence-corrected chi connectivity index (χ2v) is 5.40. The summed E-state index contributed by atoms with van der Waals surface area (Å²) < 4.78 is 10.9. The maximum atomic E-state index is 12.0. The predicted octanol–water partition coefficient (Wildman–Crippen LogP) is 3.86. The number of carbonyl (C=O) groups is 1. The van der Waals surface area contributed by atoms with Gasteiger partial charge in [0, 0.05) is 5.56 Å². The molecule has 20 heavy (non-hydrogen) atoms. The molecular formula is C17H24O3. The summed E-state index contributed by atoms with van der Waals surface area (Å²) in [5, 5.41) is 0. The highest BCUT2D eigenvalue weighted by Gasteiger charge is 2.14. The summed E-state index contributed by atoms with van der Waals surface area (Å²) in [4.78, 5) is 12.0. The van der Waals surface area contributed by atoms with Gasteiger partial charge in [-0.3, -0.25) is 4.79 Å². The molecule has 0 amide bonds. The molecule has 3 heteroatoms. The zero-order valence-electron chi connectivity index (χ0n) is 12.3. The molecule has 3 nitrogen and oxygen atoms in total. The third-order valence-corrected chi connectivity index (χ3v) is 3.80. The van der Waals surface area contributed by atoms with Crippen molar-refractivity contribution in [1.82, 2.24) is 0 Å². The van der Waals surface area contributed by atoms with E-state index in [1.54, 1.807) is 12.1 Å². The minimum Gasteiger partial charge on any atom is -0.494 e. The molecule has 1 aromatic rings. The third-order valence-electron chi connectivity index (χ3n) is 3.80. The Morgan fingerprint density at radius 3 is 2.50 bits per heavy atom. The number of Topliss-reactive ketones (excluding diaryl/α,β-unsaturated/α-hetero) is 1. The van der Waals surface area contributed by atoms with E-state index < -0.39 is 0 Å². The summed E-state index contributed by atoms with van der Waals surface area (Å²) >= 11 is 0. The first-order chi connectivity index (χ1) is 9.79. The van der Waals surface area contributed by atoms with Crippen LogP contribution in [-0.4, -0.2) is 25.6 Å². The first-order valence-corrected chi connectivity index (χ1v) is 7.63. The smallest absolute Gasteiger partial charge is 0.188 e. The third kappa shape index (κ3) is 4.64. The fraction of sp³-hybridized carbons (Fsp3) is 0.588. The molecular weight excluding hydrogens is 252 g/mol. The molecule has 0 N–H and O–H groups in total. The molecule has 0 aromatic heterocycles. The lowest BCUT2D eigenvalue weighted by Gasteiger charge is -2.21. The van der Waals surface area contributed by atoms with Crippen LogP contribution in [0.2, 0.25) is 0 Å². The van der Waals surface area contributed by atoms with Crippen molar-refractivity contribution >= 4 is 5.78 Å². The maximum absolute atomic E-state index is 12.0. The normalized spacial score (nSPS) is 16.1. The summed E-state index contributed by atoms with van der Waals surface area (Å²) in [6.07, 6.45) is 6.46. The highest BCUT2D eigenvalue weighted by Crippen LogP contribution is 2.23. The van der Waals surface area contributed by atoms with Crippen LogP contribution in [0.4, 0.5) is 0 Å². The number of ether oxygens (including phenoxy) is 2. The van der Waals surface area contributed by atoms with Crippen LogP contribution in [0.3, 0.4) is 0 Å². The van der Waals surface area contributed by atoms with Gasteiger partial charge in [0.15, 0.2) is 5.78 Å². The van der Waals surface area contributed by atoms with Gasteiger partial charge in [0.1, 0.15) is 12.4 Å². The number of hydrogen-bond acceptors (Lipinski definition) is 3. The molecule has 110 valence electrons. The molecule has 0 radical (unpaired) electrons. The van der Waals surface area contributed by atoms with Crippen molar-refractivity contribution in [3.8, 4) is 5.75 Å². The molecule has 1 aliphatic rings. The zero-order valence-corrected chi connectivity index (χ0v) is 12.3. The molecule has 0 aliphatic heterocycles. The van der Waals surface area contributed by atoms with Gasteiger partial charge in [0.05, 0.1) is 13.2 Å². The van der Waals surface area contributed by atoms with E-state index in [-0.39, 0.29) is 12.4 Å². The molecule has 2 rings (SSSR count). The highest BCUT2D eigenvalue weighted by molar-refractivity contribution is 5.97. The first-order valence-electron chi connectivity index (χ1n) is 7.63. The van der Waals surface area contributed by atoms with Gasteiger partial charge >= 0.3 is 0 Å². The molecule has 1 saturated carbocycles. The van der Waals surface area contributed by atoms with Crippen LogP contribution in [0.5, 0.6) is 5.75 Å². The SMILES string of the molecule is CCOc1ccc(C(=O)COCC2CCCCC2)cc1. The Bertz CT molecular complexity index is 405. The number of benzene rings is 1. The van der Waals surface area contributed by atoms with E-state index in [0.29, 0.717) is 18.1 Å².